The van der Waals surface area contributed by atoms with Gasteiger partial charge in [0.15, 0.2) is 0 Å². The summed E-state index contributed by atoms with van der Waals surface area (Å²) in [4.78, 5) is 30.7. The molecule has 0 atom stereocenters. The predicted molar refractivity (Wildman–Crippen MR) is 104 cm³/mol. The lowest BCUT2D eigenvalue weighted by atomic mass is 9.95. The van der Waals surface area contributed by atoms with Gasteiger partial charge < -0.3 is 10.2 Å². The van der Waals surface area contributed by atoms with Gasteiger partial charge in [0, 0.05) is 36.0 Å². The second kappa shape index (κ2) is 8.52. The molecule has 3 rings (SSSR count). The first-order valence-electron chi connectivity index (χ1n) is 9.38. The van der Waals surface area contributed by atoms with Gasteiger partial charge in [0.05, 0.1) is 5.56 Å². The van der Waals surface area contributed by atoms with Gasteiger partial charge in [-0.3, -0.25) is 9.59 Å². The van der Waals surface area contributed by atoms with Gasteiger partial charge in [-0.1, -0.05) is 12.1 Å². The summed E-state index contributed by atoms with van der Waals surface area (Å²) < 4.78 is 38.7. The summed E-state index contributed by atoms with van der Waals surface area (Å²) in [6, 6.07) is 4.98. The van der Waals surface area contributed by atoms with E-state index in [1.54, 1.807) is 16.3 Å². The molecule has 1 aliphatic heterocycles. The fraction of sp³-hybridized carbons (Fsp3) is 0.450. The molecule has 1 aromatic carbocycles. The van der Waals surface area contributed by atoms with Gasteiger partial charge in [0.25, 0.3) is 5.91 Å². The van der Waals surface area contributed by atoms with Crippen LogP contribution < -0.4 is 5.32 Å². The molecule has 29 heavy (non-hydrogen) atoms. The van der Waals surface area contributed by atoms with Gasteiger partial charge in [-0.15, -0.1) is 11.3 Å². The number of nitrogens with zero attached hydrogens (tertiary/aromatic N) is 2. The Morgan fingerprint density at radius 1 is 1.24 bits per heavy atom. The SMILES string of the molecule is CC(C)NC(=O)C1CCN(C(=O)c2csc(-c3cccc(C(F)(F)F)c3)n2)CC1. The van der Waals surface area contributed by atoms with Crippen molar-refractivity contribution < 1.29 is 22.8 Å². The van der Waals surface area contributed by atoms with Gasteiger partial charge >= 0.3 is 6.18 Å². The normalized spacial score (nSPS) is 15.6. The van der Waals surface area contributed by atoms with Crippen LogP contribution in [-0.4, -0.2) is 40.8 Å². The quantitative estimate of drug-likeness (QED) is 0.799. The Morgan fingerprint density at radius 2 is 1.93 bits per heavy atom. The molecule has 0 unspecified atom stereocenters. The van der Waals surface area contributed by atoms with Crippen molar-refractivity contribution in [1.29, 1.82) is 0 Å². The van der Waals surface area contributed by atoms with E-state index in [1.807, 2.05) is 13.8 Å². The topological polar surface area (TPSA) is 62.3 Å². The summed E-state index contributed by atoms with van der Waals surface area (Å²) in [7, 11) is 0. The van der Waals surface area contributed by atoms with Gasteiger partial charge in [0.2, 0.25) is 5.91 Å². The summed E-state index contributed by atoms with van der Waals surface area (Å²) in [5, 5.41) is 4.82. The second-order valence-electron chi connectivity index (χ2n) is 7.35. The largest absolute Gasteiger partial charge is 0.416 e. The number of alkyl halides is 3. The number of piperidine rings is 1. The van der Waals surface area contributed by atoms with Crippen LogP contribution in [0.1, 0.15) is 42.7 Å². The van der Waals surface area contributed by atoms with Crippen LogP contribution in [0.15, 0.2) is 29.6 Å². The number of hydrogen-bond donors (Lipinski definition) is 1. The number of likely N-dealkylation sites (tertiary alicyclic amines) is 1. The third kappa shape index (κ3) is 5.14. The van der Waals surface area contributed by atoms with Crippen molar-refractivity contribution in [3.8, 4) is 10.6 Å². The van der Waals surface area contributed by atoms with Crippen molar-refractivity contribution in [2.75, 3.05) is 13.1 Å². The molecule has 0 radical (unpaired) electrons. The molecule has 1 aromatic heterocycles. The Labute approximate surface area is 170 Å². The Bertz CT molecular complexity index is 887. The van der Waals surface area contributed by atoms with Gasteiger partial charge in [-0.25, -0.2) is 4.98 Å². The molecule has 2 aromatic rings. The highest BCUT2D eigenvalue weighted by Gasteiger charge is 2.31. The van der Waals surface area contributed by atoms with Crippen LogP contribution in [-0.2, 0) is 11.0 Å². The maximum Gasteiger partial charge on any atom is 0.416 e. The van der Waals surface area contributed by atoms with Crippen LogP contribution >= 0.6 is 11.3 Å². The fourth-order valence-corrected chi connectivity index (χ4v) is 4.03. The first kappa shape index (κ1) is 21.3. The summed E-state index contributed by atoms with van der Waals surface area (Å²) in [5.41, 5.74) is -0.208. The molecule has 0 spiro atoms. The van der Waals surface area contributed by atoms with E-state index in [1.165, 1.54) is 6.07 Å². The molecule has 9 heteroatoms. The summed E-state index contributed by atoms with van der Waals surface area (Å²) in [5.74, 6) is -0.368. The van der Waals surface area contributed by atoms with Gasteiger partial charge in [0.1, 0.15) is 10.7 Å². The molecule has 2 heterocycles. The van der Waals surface area contributed by atoms with E-state index in [0.717, 1.165) is 23.5 Å². The highest BCUT2D eigenvalue weighted by atomic mass is 32.1. The first-order chi connectivity index (χ1) is 13.6. The lowest BCUT2D eigenvalue weighted by Gasteiger charge is -2.31. The number of hydrogen-bond acceptors (Lipinski definition) is 4. The summed E-state index contributed by atoms with van der Waals surface area (Å²) in [6.45, 7) is 4.71. The third-order valence-electron chi connectivity index (χ3n) is 4.74. The van der Waals surface area contributed by atoms with Crippen LogP contribution in [0.25, 0.3) is 10.6 Å². The number of nitrogens with one attached hydrogen (secondary N) is 1. The van der Waals surface area contributed by atoms with Crippen molar-refractivity contribution >= 4 is 23.2 Å². The summed E-state index contributed by atoms with van der Waals surface area (Å²) in [6.07, 6.45) is -3.28. The molecule has 1 fully saturated rings. The van der Waals surface area contributed by atoms with Crippen molar-refractivity contribution in [3.05, 3.63) is 40.9 Å². The third-order valence-corrected chi connectivity index (χ3v) is 5.64. The maximum atomic E-state index is 12.9. The molecular weight excluding hydrogens is 403 g/mol. The number of thiazole rings is 1. The van der Waals surface area contributed by atoms with Crippen LogP contribution in [0, 0.1) is 5.92 Å². The van der Waals surface area contributed by atoms with Crippen LogP contribution in [0.4, 0.5) is 13.2 Å². The molecule has 1 aliphatic rings. The van der Waals surface area contributed by atoms with Crippen molar-refractivity contribution in [1.82, 2.24) is 15.2 Å². The number of carbonyl (C=O) groups excluding carboxylic acids is 2. The summed E-state index contributed by atoms with van der Waals surface area (Å²) >= 11 is 1.14. The molecule has 156 valence electrons. The van der Waals surface area contributed by atoms with Crippen LogP contribution in [0.3, 0.4) is 0 Å². The zero-order valence-corrected chi connectivity index (χ0v) is 16.9. The fourth-order valence-electron chi connectivity index (χ4n) is 3.24. The minimum absolute atomic E-state index is 0.00703. The van der Waals surface area contributed by atoms with Crippen molar-refractivity contribution in [2.24, 2.45) is 5.92 Å². The molecule has 1 saturated heterocycles. The number of rotatable bonds is 4. The Balaban J connectivity index is 1.66. The predicted octanol–water partition coefficient (Wildman–Crippen LogP) is 4.21. The van der Waals surface area contributed by atoms with E-state index in [-0.39, 0.29) is 29.5 Å². The molecule has 0 aliphatic carbocycles. The number of amides is 2. The lowest BCUT2D eigenvalue weighted by Crippen LogP contribution is -2.44. The van der Waals surface area contributed by atoms with Gasteiger partial charge in [-0.05, 0) is 38.8 Å². The van der Waals surface area contributed by atoms with E-state index >= 15 is 0 Å². The Kier molecular flexibility index (Phi) is 6.26. The standard InChI is InChI=1S/C20H22F3N3O2S/c1-12(2)24-17(27)13-6-8-26(9-7-13)19(28)16-11-29-18(25-16)14-4-3-5-15(10-14)20(21,22)23/h3-5,10-13H,6-9H2,1-2H3,(H,24,27). The van der Waals surface area contributed by atoms with E-state index in [4.69, 9.17) is 0 Å². The maximum absolute atomic E-state index is 12.9. The number of aromatic nitrogens is 1. The lowest BCUT2D eigenvalue weighted by molar-refractivity contribution is -0.137. The van der Waals surface area contributed by atoms with E-state index in [9.17, 15) is 22.8 Å². The average Bonchev–Trinajstić information content (AvgIpc) is 3.17. The van der Waals surface area contributed by atoms with Crippen LogP contribution in [0.5, 0.6) is 0 Å². The van der Waals surface area contributed by atoms with E-state index in [2.05, 4.69) is 10.3 Å². The molecular formula is C20H22F3N3O2S. The number of carbonyl (C=O) groups is 2. The average molecular weight is 425 g/mol. The molecule has 2 amide bonds. The van der Waals surface area contributed by atoms with Crippen LogP contribution in [0.2, 0.25) is 0 Å². The van der Waals surface area contributed by atoms with E-state index < -0.39 is 11.7 Å². The van der Waals surface area contributed by atoms with Gasteiger partial charge in [-0.2, -0.15) is 13.2 Å². The highest BCUT2D eigenvalue weighted by Crippen LogP contribution is 2.33. The van der Waals surface area contributed by atoms with Crippen molar-refractivity contribution in [3.63, 3.8) is 0 Å². The number of benzene rings is 1. The van der Waals surface area contributed by atoms with E-state index in [0.29, 0.717) is 36.5 Å². The van der Waals surface area contributed by atoms with Crippen molar-refractivity contribution in [2.45, 2.75) is 38.9 Å². The highest BCUT2D eigenvalue weighted by molar-refractivity contribution is 7.13. The minimum Gasteiger partial charge on any atom is -0.354 e. The first-order valence-corrected chi connectivity index (χ1v) is 10.3. The monoisotopic (exact) mass is 425 g/mol. The molecule has 0 bridgehead atoms. The zero-order valence-electron chi connectivity index (χ0n) is 16.1. The molecule has 0 saturated carbocycles. The zero-order chi connectivity index (χ0) is 21.2. The Hall–Kier alpha value is -2.42. The molecule has 5 nitrogen and oxygen atoms in total. The molecule has 1 N–H and O–H groups in total. The second-order valence-corrected chi connectivity index (χ2v) is 8.20. The number of halogens is 3. The minimum atomic E-state index is -4.43. The smallest absolute Gasteiger partial charge is 0.354 e. The Morgan fingerprint density at radius 3 is 2.55 bits per heavy atom.